The summed E-state index contributed by atoms with van der Waals surface area (Å²) in [5.41, 5.74) is 2.91. The summed E-state index contributed by atoms with van der Waals surface area (Å²) in [7, 11) is 1.86. The van der Waals surface area contributed by atoms with Gasteiger partial charge in [-0.1, -0.05) is 30.5 Å². The number of aromatic nitrogens is 4. The van der Waals surface area contributed by atoms with Crippen molar-refractivity contribution in [3.63, 3.8) is 0 Å². The Kier molecular flexibility index (Phi) is 5.88. The second-order valence-corrected chi connectivity index (χ2v) is 7.71. The SMILES string of the molecule is C=C(S/C(=C\C)NC(=O)c1ncccc1C)c1cc(-c2nccs2)nn1C. The molecule has 27 heavy (non-hydrogen) atoms. The number of thiazole rings is 1. The number of pyridine rings is 1. The maximum absolute atomic E-state index is 12.5. The first-order valence-electron chi connectivity index (χ1n) is 8.20. The van der Waals surface area contributed by atoms with E-state index in [0.717, 1.165) is 26.9 Å². The monoisotopic (exact) mass is 397 g/mol. The highest BCUT2D eigenvalue weighted by atomic mass is 32.2. The number of hydrogen-bond acceptors (Lipinski definition) is 6. The van der Waals surface area contributed by atoms with Crippen LogP contribution in [0, 0.1) is 6.92 Å². The molecule has 6 nitrogen and oxygen atoms in total. The summed E-state index contributed by atoms with van der Waals surface area (Å²) in [5.74, 6) is -0.241. The fourth-order valence-corrected chi connectivity index (χ4v) is 3.83. The van der Waals surface area contributed by atoms with Crippen LogP contribution in [0.25, 0.3) is 15.6 Å². The van der Waals surface area contributed by atoms with Gasteiger partial charge in [0.2, 0.25) is 0 Å². The molecule has 1 amide bonds. The summed E-state index contributed by atoms with van der Waals surface area (Å²) < 4.78 is 1.77. The minimum absolute atomic E-state index is 0.241. The summed E-state index contributed by atoms with van der Waals surface area (Å²) in [4.78, 5) is 21.7. The molecule has 0 unspecified atom stereocenters. The molecule has 1 N–H and O–H groups in total. The predicted molar refractivity (Wildman–Crippen MR) is 111 cm³/mol. The van der Waals surface area contributed by atoms with Crippen molar-refractivity contribution in [3.8, 4) is 10.7 Å². The van der Waals surface area contributed by atoms with E-state index in [0.29, 0.717) is 10.7 Å². The average Bonchev–Trinajstić information content (AvgIpc) is 3.30. The van der Waals surface area contributed by atoms with Gasteiger partial charge in [-0.05, 0) is 31.5 Å². The molecule has 0 saturated carbocycles. The quantitative estimate of drug-likeness (QED) is 0.673. The van der Waals surface area contributed by atoms with Gasteiger partial charge in [-0.3, -0.25) is 14.5 Å². The lowest BCUT2D eigenvalue weighted by molar-refractivity contribution is 0.0963. The topological polar surface area (TPSA) is 72.7 Å². The Labute approximate surface area is 166 Å². The number of aryl methyl sites for hydroxylation is 2. The normalized spacial score (nSPS) is 11.4. The smallest absolute Gasteiger partial charge is 0.274 e. The van der Waals surface area contributed by atoms with Crippen LogP contribution >= 0.6 is 23.1 Å². The van der Waals surface area contributed by atoms with E-state index in [9.17, 15) is 4.79 Å². The molecule has 0 aliphatic heterocycles. The van der Waals surface area contributed by atoms with Crippen LogP contribution in [0.3, 0.4) is 0 Å². The number of nitrogens with zero attached hydrogens (tertiary/aromatic N) is 4. The van der Waals surface area contributed by atoms with Crippen LogP contribution < -0.4 is 5.32 Å². The summed E-state index contributed by atoms with van der Waals surface area (Å²) in [6, 6.07) is 5.62. The number of carbonyl (C=O) groups is 1. The van der Waals surface area contributed by atoms with Crippen molar-refractivity contribution in [2.45, 2.75) is 13.8 Å². The maximum Gasteiger partial charge on any atom is 0.274 e. The standard InChI is InChI=1S/C19H19N5OS2/c1-5-16(22-18(25)17-12(2)7-6-8-20-17)27-13(3)15-11-14(23-24(15)4)19-21-9-10-26-19/h5-11H,3H2,1-2,4H3,(H,22,25)/b16-5-. The van der Waals surface area contributed by atoms with Crippen LogP contribution in [-0.4, -0.2) is 25.7 Å². The summed E-state index contributed by atoms with van der Waals surface area (Å²) in [5, 5.41) is 10.9. The first-order chi connectivity index (χ1) is 13.0. The van der Waals surface area contributed by atoms with Crippen LogP contribution in [0.5, 0.6) is 0 Å². The maximum atomic E-state index is 12.5. The molecule has 0 aliphatic carbocycles. The van der Waals surface area contributed by atoms with Crippen LogP contribution in [0.2, 0.25) is 0 Å². The van der Waals surface area contributed by atoms with E-state index >= 15 is 0 Å². The van der Waals surface area contributed by atoms with Crippen molar-refractivity contribution >= 4 is 33.9 Å². The van der Waals surface area contributed by atoms with E-state index in [4.69, 9.17) is 0 Å². The number of allylic oxidation sites excluding steroid dienone is 1. The van der Waals surface area contributed by atoms with Gasteiger partial charge in [0.25, 0.3) is 5.91 Å². The highest BCUT2D eigenvalue weighted by Gasteiger charge is 2.16. The summed E-state index contributed by atoms with van der Waals surface area (Å²) in [6.07, 6.45) is 5.20. The predicted octanol–water partition coefficient (Wildman–Crippen LogP) is 4.24. The zero-order valence-electron chi connectivity index (χ0n) is 15.3. The Hall–Kier alpha value is -2.71. The third kappa shape index (κ3) is 4.35. The van der Waals surface area contributed by atoms with E-state index in [1.165, 1.54) is 23.1 Å². The molecular formula is C19H19N5OS2. The molecule has 0 spiro atoms. The zero-order chi connectivity index (χ0) is 19.4. The first-order valence-corrected chi connectivity index (χ1v) is 9.89. The molecule has 138 valence electrons. The molecule has 3 rings (SSSR count). The molecule has 0 bridgehead atoms. The van der Waals surface area contributed by atoms with E-state index in [1.54, 1.807) is 17.1 Å². The van der Waals surface area contributed by atoms with E-state index in [2.05, 4.69) is 27.0 Å². The van der Waals surface area contributed by atoms with Gasteiger partial charge in [0, 0.05) is 29.7 Å². The van der Waals surface area contributed by atoms with Crippen LogP contribution in [-0.2, 0) is 7.05 Å². The molecular weight excluding hydrogens is 378 g/mol. The number of hydrogen-bond donors (Lipinski definition) is 1. The Morgan fingerprint density at radius 2 is 2.19 bits per heavy atom. The summed E-state index contributed by atoms with van der Waals surface area (Å²) >= 11 is 2.92. The lowest BCUT2D eigenvalue weighted by Crippen LogP contribution is -2.23. The van der Waals surface area contributed by atoms with Gasteiger partial charge < -0.3 is 5.32 Å². The second kappa shape index (κ2) is 8.32. The van der Waals surface area contributed by atoms with E-state index < -0.39 is 0 Å². The zero-order valence-corrected chi connectivity index (χ0v) is 16.9. The average molecular weight is 398 g/mol. The third-order valence-electron chi connectivity index (χ3n) is 3.77. The van der Waals surface area contributed by atoms with Gasteiger partial charge in [0.15, 0.2) is 0 Å². The molecule has 0 aromatic carbocycles. The molecule has 0 atom stereocenters. The molecule has 0 saturated heterocycles. The van der Waals surface area contributed by atoms with Gasteiger partial charge in [-0.15, -0.1) is 11.3 Å². The molecule has 0 radical (unpaired) electrons. The Balaban J connectivity index is 1.73. The Morgan fingerprint density at radius 3 is 2.85 bits per heavy atom. The van der Waals surface area contributed by atoms with Crippen molar-refractivity contribution < 1.29 is 4.79 Å². The fraction of sp³-hybridized carbons (Fsp3) is 0.158. The molecule has 0 fully saturated rings. The number of carbonyl (C=O) groups excluding carboxylic acids is 1. The highest BCUT2D eigenvalue weighted by molar-refractivity contribution is 8.11. The van der Waals surface area contributed by atoms with Gasteiger partial charge in [0.1, 0.15) is 16.4 Å². The molecule has 3 heterocycles. The molecule has 8 heteroatoms. The van der Waals surface area contributed by atoms with Crippen LogP contribution in [0.1, 0.15) is 28.7 Å². The van der Waals surface area contributed by atoms with Gasteiger partial charge in [0.05, 0.1) is 10.7 Å². The van der Waals surface area contributed by atoms with Crippen molar-refractivity contribution in [2.24, 2.45) is 7.05 Å². The first kappa shape index (κ1) is 19.1. The van der Waals surface area contributed by atoms with E-state index in [-0.39, 0.29) is 5.91 Å². The van der Waals surface area contributed by atoms with Crippen molar-refractivity contribution in [2.75, 3.05) is 0 Å². The van der Waals surface area contributed by atoms with Crippen LogP contribution in [0.4, 0.5) is 0 Å². The van der Waals surface area contributed by atoms with Gasteiger partial charge in [-0.25, -0.2) is 4.98 Å². The fourth-order valence-electron chi connectivity index (χ4n) is 2.42. The number of nitrogens with one attached hydrogen (secondary N) is 1. The van der Waals surface area contributed by atoms with E-state index in [1.807, 2.05) is 50.6 Å². The van der Waals surface area contributed by atoms with Gasteiger partial charge >= 0.3 is 0 Å². The minimum Gasteiger partial charge on any atom is -0.315 e. The Bertz CT molecular complexity index is 1010. The molecule has 0 aliphatic rings. The summed E-state index contributed by atoms with van der Waals surface area (Å²) in [6.45, 7) is 7.87. The number of amides is 1. The van der Waals surface area contributed by atoms with Crippen molar-refractivity contribution in [1.29, 1.82) is 0 Å². The number of thioether (sulfide) groups is 1. The highest BCUT2D eigenvalue weighted by Crippen LogP contribution is 2.33. The lowest BCUT2D eigenvalue weighted by Gasteiger charge is -2.11. The molecule has 3 aromatic heterocycles. The lowest BCUT2D eigenvalue weighted by atomic mass is 10.2. The molecule has 3 aromatic rings. The minimum atomic E-state index is -0.241. The third-order valence-corrected chi connectivity index (χ3v) is 5.58. The van der Waals surface area contributed by atoms with Crippen LogP contribution in [0.15, 0.2) is 53.7 Å². The largest absolute Gasteiger partial charge is 0.315 e. The second-order valence-electron chi connectivity index (χ2n) is 5.68. The number of rotatable bonds is 6. The Morgan fingerprint density at radius 1 is 1.37 bits per heavy atom. The van der Waals surface area contributed by atoms with Crippen molar-refractivity contribution in [3.05, 3.63) is 70.6 Å². The van der Waals surface area contributed by atoms with Crippen molar-refractivity contribution in [1.82, 2.24) is 25.1 Å². The van der Waals surface area contributed by atoms with Gasteiger partial charge in [-0.2, -0.15) is 5.10 Å².